The van der Waals surface area contributed by atoms with Crippen molar-refractivity contribution in [1.29, 1.82) is 0 Å². The fourth-order valence-electron chi connectivity index (χ4n) is 1.18. The first-order valence-corrected chi connectivity index (χ1v) is 6.87. The summed E-state index contributed by atoms with van der Waals surface area (Å²) < 4.78 is 29.9. The van der Waals surface area contributed by atoms with Crippen LogP contribution in [0.1, 0.15) is 17.3 Å². The third-order valence-electron chi connectivity index (χ3n) is 2.10. The summed E-state index contributed by atoms with van der Waals surface area (Å²) in [6.07, 6.45) is 1.13. The van der Waals surface area contributed by atoms with Gasteiger partial charge in [-0.25, -0.2) is 17.7 Å². The Morgan fingerprint density at radius 2 is 2.11 bits per heavy atom. The highest BCUT2D eigenvalue weighted by Gasteiger charge is 2.22. The van der Waals surface area contributed by atoms with Crippen molar-refractivity contribution < 1.29 is 17.9 Å². The van der Waals surface area contributed by atoms with Gasteiger partial charge in [0.05, 0.1) is 18.4 Å². The molecule has 100 valence electrons. The van der Waals surface area contributed by atoms with Crippen LogP contribution >= 0.6 is 11.6 Å². The van der Waals surface area contributed by atoms with Crippen LogP contribution in [0.5, 0.6) is 5.88 Å². The first-order valence-electron chi connectivity index (χ1n) is 5.06. The number of rotatable bonds is 5. The molecule has 0 saturated carbocycles. The van der Waals surface area contributed by atoms with Gasteiger partial charge in [-0.2, -0.15) is 0 Å². The van der Waals surface area contributed by atoms with Crippen LogP contribution in [0, 0.1) is 0 Å². The summed E-state index contributed by atoms with van der Waals surface area (Å²) in [5.74, 6) is 0.0233. The van der Waals surface area contributed by atoms with Crippen molar-refractivity contribution in [2.24, 2.45) is 0 Å². The average Bonchev–Trinajstić information content (AvgIpc) is 2.29. The molecule has 0 amide bonds. The Bertz CT molecular complexity index is 557. The van der Waals surface area contributed by atoms with Gasteiger partial charge in [0, 0.05) is 14.1 Å². The topological polar surface area (TPSA) is 76.6 Å². The van der Waals surface area contributed by atoms with Crippen LogP contribution < -0.4 is 4.74 Å². The molecule has 0 radical (unpaired) electrons. The van der Waals surface area contributed by atoms with E-state index in [9.17, 15) is 13.2 Å². The molecule has 0 aliphatic heterocycles. The van der Waals surface area contributed by atoms with Crippen molar-refractivity contribution >= 4 is 26.9 Å². The summed E-state index contributed by atoms with van der Waals surface area (Å²) in [4.78, 5) is 14.9. The van der Waals surface area contributed by atoms with Crippen LogP contribution in [0.3, 0.4) is 0 Å². The number of aromatic nitrogens is 1. The monoisotopic (exact) mass is 292 g/mol. The lowest BCUT2D eigenvalue weighted by atomic mass is 10.3. The molecule has 6 nitrogen and oxygen atoms in total. The van der Waals surface area contributed by atoms with E-state index in [1.165, 1.54) is 14.1 Å². The molecule has 1 aromatic heterocycles. The van der Waals surface area contributed by atoms with E-state index in [0.29, 0.717) is 6.61 Å². The van der Waals surface area contributed by atoms with Crippen LogP contribution in [-0.2, 0) is 10.0 Å². The minimum absolute atomic E-state index is 0.0233. The lowest BCUT2D eigenvalue weighted by Crippen LogP contribution is -2.22. The van der Waals surface area contributed by atoms with E-state index in [0.717, 1.165) is 16.6 Å². The Balaban J connectivity index is 3.36. The second kappa shape index (κ2) is 5.64. The van der Waals surface area contributed by atoms with Crippen molar-refractivity contribution in [2.75, 3.05) is 20.7 Å². The van der Waals surface area contributed by atoms with Crippen LogP contribution in [0.25, 0.3) is 0 Å². The van der Waals surface area contributed by atoms with Gasteiger partial charge in [-0.1, -0.05) is 0 Å². The summed E-state index contributed by atoms with van der Waals surface area (Å²) >= 11 is 5.38. The SMILES string of the molecule is CCOc1ncc(S(=O)(=O)N(C)C)cc1C(=O)Cl. The van der Waals surface area contributed by atoms with Crippen molar-refractivity contribution in [3.63, 3.8) is 0 Å². The smallest absolute Gasteiger partial charge is 0.257 e. The molecule has 1 heterocycles. The number of carbonyl (C=O) groups is 1. The maximum Gasteiger partial charge on any atom is 0.257 e. The van der Waals surface area contributed by atoms with Gasteiger partial charge in [-0.3, -0.25) is 4.79 Å². The van der Waals surface area contributed by atoms with Crippen molar-refractivity contribution in [3.05, 3.63) is 17.8 Å². The van der Waals surface area contributed by atoms with Crippen LogP contribution in [-0.4, -0.2) is 43.7 Å². The summed E-state index contributed by atoms with van der Waals surface area (Å²) in [5.41, 5.74) is -0.0681. The molecular formula is C10H13ClN2O4S. The molecule has 0 aliphatic carbocycles. The number of sulfonamides is 1. The third-order valence-corrected chi connectivity index (χ3v) is 4.08. The zero-order valence-corrected chi connectivity index (χ0v) is 11.7. The Hall–Kier alpha value is -1.18. The van der Waals surface area contributed by atoms with Gasteiger partial charge in [0.1, 0.15) is 4.90 Å². The molecule has 0 saturated heterocycles. The zero-order chi connectivity index (χ0) is 13.9. The summed E-state index contributed by atoms with van der Waals surface area (Å²) in [6.45, 7) is 2.01. The van der Waals surface area contributed by atoms with E-state index in [1.54, 1.807) is 6.92 Å². The first-order chi connectivity index (χ1) is 8.30. The minimum atomic E-state index is -3.66. The van der Waals surface area contributed by atoms with E-state index in [1.807, 2.05) is 0 Å². The van der Waals surface area contributed by atoms with E-state index in [-0.39, 0.29) is 16.3 Å². The quantitative estimate of drug-likeness (QED) is 0.760. The Morgan fingerprint density at radius 3 is 2.56 bits per heavy atom. The van der Waals surface area contributed by atoms with Gasteiger partial charge in [0.2, 0.25) is 15.9 Å². The molecule has 1 aromatic rings. The Kier molecular flexibility index (Phi) is 4.66. The molecule has 8 heteroatoms. The van der Waals surface area contributed by atoms with E-state index in [2.05, 4.69) is 4.98 Å². The molecule has 18 heavy (non-hydrogen) atoms. The molecule has 0 fully saturated rings. The van der Waals surface area contributed by atoms with Crippen LogP contribution in [0.2, 0.25) is 0 Å². The van der Waals surface area contributed by atoms with Crippen LogP contribution in [0.15, 0.2) is 17.2 Å². The highest BCUT2D eigenvalue weighted by atomic mass is 35.5. The third kappa shape index (κ3) is 2.98. The maximum atomic E-state index is 11.9. The molecule has 0 aromatic carbocycles. The number of hydrogen-bond donors (Lipinski definition) is 0. The summed E-state index contributed by atoms with van der Waals surface area (Å²) in [5, 5.41) is -0.818. The molecule has 0 atom stereocenters. The molecule has 0 unspecified atom stereocenters. The number of halogens is 1. The van der Waals surface area contributed by atoms with E-state index in [4.69, 9.17) is 16.3 Å². The minimum Gasteiger partial charge on any atom is -0.477 e. The van der Waals surface area contributed by atoms with Gasteiger partial charge < -0.3 is 4.74 Å². The Morgan fingerprint density at radius 1 is 1.50 bits per heavy atom. The van der Waals surface area contributed by atoms with Crippen molar-refractivity contribution in [2.45, 2.75) is 11.8 Å². The number of hydrogen-bond acceptors (Lipinski definition) is 5. The molecule has 0 aliphatic rings. The van der Waals surface area contributed by atoms with Crippen LogP contribution in [0.4, 0.5) is 0 Å². The van der Waals surface area contributed by atoms with E-state index < -0.39 is 15.3 Å². The second-order valence-corrected chi connectivity index (χ2v) is 6.01. The molecule has 0 spiro atoms. The predicted octanol–water partition coefficient (Wildman–Crippen LogP) is 1.11. The fourth-order valence-corrected chi connectivity index (χ4v) is 2.19. The highest BCUT2D eigenvalue weighted by Crippen LogP contribution is 2.22. The number of pyridine rings is 1. The highest BCUT2D eigenvalue weighted by molar-refractivity contribution is 7.89. The van der Waals surface area contributed by atoms with Gasteiger partial charge in [-0.15, -0.1) is 0 Å². The normalized spacial score (nSPS) is 11.6. The predicted molar refractivity (Wildman–Crippen MR) is 66.5 cm³/mol. The molecule has 0 N–H and O–H groups in total. The first kappa shape index (κ1) is 14.9. The second-order valence-electron chi connectivity index (χ2n) is 3.52. The standard InChI is InChI=1S/C10H13ClN2O4S/c1-4-17-10-8(9(11)14)5-7(6-12-10)18(15,16)13(2)3/h5-6H,4H2,1-3H3. The average molecular weight is 293 g/mol. The van der Waals surface area contributed by atoms with E-state index >= 15 is 0 Å². The largest absolute Gasteiger partial charge is 0.477 e. The number of ether oxygens (including phenoxy) is 1. The fraction of sp³-hybridized carbons (Fsp3) is 0.400. The van der Waals surface area contributed by atoms with Gasteiger partial charge in [0.25, 0.3) is 5.24 Å². The lowest BCUT2D eigenvalue weighted by Gasteiger charge is -2.12. The summed E-state index contributed by atoms with van der Waals surface area (Å²) in [6, 6.07) is 1.16. The zero-order valence-electron chi connectivity index (χ0n) is 10.2. The Labute approximate surface area is 111 Å². The lowest BCUT2D eigenvalue weighted by molar-refractivity contribution is 0.107. The number of nitrogens with zero attached hydrogens (tertiary/aromatic N) is 2. The van der Waals surface area contributed by atoms with Gasteiger partial charge in [-0.05, 0) is 24.6 Å². The summed E-state index contributed by atoms with van der Waals surface area (Å²) in [7, 11) is -0.894. The molecular weight excluding hydrogens is 280 g/mol. The molecule has 0 bridgehead atoms. The maximum absolute atomic E-state index is 11.9. The molecule has 1 rings (SSSR count). The van der Waals surface area contributed by atoms with Crippen molar-refractivity contribution in [3.8, 4) is 5.88 Å². The van der Waals surface area contributed by atoms with Gasteiger partial charge in [0.15, 0.2) is 0 Å². The van der Waals surface area contributed by atoms with Gasteiger partial charge >= 0.3 is 0 Å². The van der Waals surface area contributed by atoms with Crippen molar-refractivity contribution in [1.82, 2.24) is 9.29 Å². The number of carbonyl (C=O) groups excluding carboxylic acids is 1.